The Bertz CT molecular complexity index is 149. The molecule has 0 aliphatic carbocycles. The molecular formula is C4H6N4. The third-order valence-corrected chi connectivity index (χ3v) is 0.751. The molecule has 0 saturated heterocycles. The summed E-state index contributed by atoms with van der Waals surface area (Å²) in [5.41, 5.74) is 3.19. The Balaban J connectivity index is 2.83. The number of hydrazine groups is 1. The smallest absolute Gasteiger partial charge is 0.0741 e. The Morgan fingerprint density at radius 1 is 1.50 bits per heavy atom. The second kappa shape index (κ2) is 2.23. The van der Waals surface area contributed by atoms with Crippen LogP contribution in [0.2, 0.25) is 0 Å². The van der Waals surface area contributed by atoms with Gasteiger partial charge < -0.3 is 5.43 Å². The standard InChI is InChI=1S/C4H6N4/c5-8-4-1-2-6-7-3-4/h1-3H,5H2,(H,6,8). The zero-order valence-electron chi connectivity index (χ0n) is 4.20. The molecule has 0 aromatic carbocycles. The van der Waals surface area contributed by atoms with Gasteiger partial charge in [-0.25, -0.2) is 0 Å². The lowest BCUT2D eigenvalue weighted by Crippen LogP contribution is -2.06. The molecule has 1 heterocycles. The molecule has 0 unspecified atom stereocenters. The van der Waals surface area contributed by atoms with Crippen LogP contribution in [0.1, 0.15) is 0 Å². The Hall–Kier alpha value is -1.16. The van der Waals surface area contributed by atoms with Crippen molar-refractivity contribution >= 4 is 5.69 Å². The first-order valence-corrected chi connectivity index (χ1v) is 2.17. The van der Waals surface area contributed by atoms with Crippen molar-refractivity contribution in [1.82, 2.24) is 10.2 Å². The van der Waals surface area contributed by atoms with Gasteiger partial charge in [0, 0.05) is 0 Å². The number of hydrogen-bond donors (Lipinski definition) is 2. The van der Waals surface area contributed by atoms with Gasteiger partial charge in [-0.15, -0.1) is 0 Å². The highest BCUT2D eigenvalue weighted by molar-refractivity contribution is 5.36. The molecule has 1 aromatic rings. The number of rotatable bonds is 1. The first-order valence-electron chi connectivity index (χ1n) is 2.17. The van der Waals surface area contributed by atoms with Crippen LogP contribution in [0.25, 0.3) is 0 Å². The lowest BCUT2D eigenvalue weighted by atomic mass is 10.5. The first kappa shape index (κ1) is 4.99. The summed E-state index contributed by atoms with van der Waals surface area (Å²) in [6, 6.07) is 1.73. The molecule has 0 saturated carbocycles. The Morgan fingerprint density at radius 3 is 2.75 bits per heavy atom. The topological polar surface area (TPSA) is 63.8 Å². The van der Waals surface area contributed by atoms with E-state index >= 15 is 0 Å². The Morgan fingerprint density at radius 2 is 2.38 bits per heavy atom. The van der Waals surface area contributed by atoms with E-state index in [2.05, 4.69) is 15.6 Å². The van der Waals surface area contributed by atoms with Crippen LogP contribution >= 0.6 is 0 Å². The fraction of sp³-hybridized carbons (Fsp3) is 0. The van der Waals surface area contributed by atoms with Crippen LogP contribution in [-0.4, -0.2) is 10.2 Å². The summed E-state index contributed by atoms with van der Waals surface area (Å²) in [4.78, 5) is 0. The van der Waals surface area contributed by atoms with Gasteiger partial charge in [0.15, 0.2) is 0 Å². The van der Waals surface area contributed by atoms with Crippen molar-refractivity contribution < 1.29 is 0 Å². The molecule has 0 aliphatic rings. The maximum atomic E-state index is 5.03. The van der Waals surface area contributed by atoms with Crippen LogP contribution in [0.15, 0.2) is 18.5 Å². The molecule has 0 bridgehead atoms. The van der Waals surface area contributed by atoms with Gasteiger partial charge in [-0.1, -0.05) is 0 Å². The molecule has 0 atom stereocenters. The van der Waals surface area contributed by atoms with E-state index in [0.29, 0.717) is 0 Å². The second-order valence-electron chi connectivity index (χ2n) is 1.28. The largest absolute Gasteiger partial charge is 0.323 e. The highest BCUT2D eigenvalue weighted by atomic mass is 15.2. The highest BCUT2D eigenvalue weighted by Crippen LogP contribution is 1.95. The normalized spacial score (nSPS) is 8.62. The van der Waals surface area contributed by atoms with E-state index in [1.807, 2.05) is 0 Å². The lowest BCUT2D eigenvalue weighted by Gasteiger charge is -1.92. The summed E-state index contributed by atoms with van der Waals surface area (Å²) < 4.78 is 0. The minimum absolute atomic E-state index is 0.764. The van der Waals surface area contributed by atoms with E-state index in [0.717, 1.165) is 5.69 Å². The van der Waals surface area contributed by atoms with Crippen molar-refractivity contribution in [3.05, 3.63) is 18.5 Å². The van der Waals surface area contributed by atoms with Crippen LogP contribution in [0.5, 0.6) is 0 Å². The minimum Gasteiger partial charge on any atom is -0.323 e. The molecule has 1 aromatic heterocycles. The maximum absolute atomic E-state index is 5.03. The average Bonchev–Trinajstić information content (AvgIpc) is 1.90. The number of nitrogens with one attached hydrogen (secondary N) is 1. The molecule has 4 nitrogen and oxygen atoms in total. The summed E-state index contributed by atoms with van der Waals surface area (Å²) in [6.45, 7) is 0. The fourth-order valence-corrected chi connectivity index (χ4v) is 0.376. The summed E-state index contributed by atoms with van der Waals surface area (Å²) in [5, 5.41) is 7.11. The molecule has 0 radical (unpaired) electrons. The molecule has 4 heteroatoms. The van der Waals surface area contributed by atoms with E-state index in [9.17, 15) is 0 Å². The Kier molecular flexibility index (Phi) is 1.39. The number of nitrogen functional groups attached to an aromatic ring is 1. The zero-order valence-corrected chi connectivity index (χ0v) is 4.20. The highest BCUT2D eigenvalue weighted by Gasteiger charge is 1.80. The molecular weight excluding hydrogens is 104 g/mol. The molecule has 1 rings (SSSR count). The number of nitrogens with two attached hydrogens (primary N) is 1. The van der Waals surface area contributed by atoms with Crippen LogP contribution in [-0.2, 0) is 0 Å². The Labute approximate surface area is 46.7 Å². The van der Waals surface area contributed by atoms with Crippen molar-refractivity contribution in [1.29, 1.82) is 0 Å². The van der Waals surface area contributed by atoms with E-state index in [-0.39, 0.29) is 0 Å². The van der Waals surface area contributed by atoms with Gasteiger partial charge in [0.2, 0.25) is 0 Å². The van der Waals surface area contributed by atoms with Crippen LogP contribution in [0.3, 0.4) is 0 Å². The van der Waals surface area contributed by atoms with Crippen molar-refractivity contribution in [2.24, 2.45) is 5.84 Å². The number of anilines is 1. The van der Waals surface area contributed by atoms with Gasteiger partial charge in [-0.2, -0.15) is 10.2 Å². The fourth-order valence-electron chi connectivity index (χ4n) is 0.376. The molecule has 3 N–H and O–H groups in total. The van der Waals surface area contributed by atoms with Crippen molar-refractivity contribution in [2.75, 3.05) is 5.43 Å². The lowest BCUT2D eigenvalue weighted by molar-refractivity contribution is 1.03. The van der Waals surface area contributed by atoms with E-state index < -0.39 is 0 Å². The molecule has 0 fully saturated rings. The SMILES string of the molecule is NNc1ccnnc1. The third kappa shape index (κ3) is 0.913. The van der Waals surface area contributed by atoms with Gasteiger partial charge in [-0.05, 0) is 6.07 Å². The average molecular weight is 110 g/mol. The number of nitrogens with zero attached hydrogens (tertiary/aromatic N) is 2. The van der Waals surface area contributed by atoms with Crippen LogP contribution in [0, 0.1) is 0 Å². The number of hydrogen-bond acceptors (Lipinski definition) is 4. The summed E-state index contributed by atoms with van der Waals surface area (Å²) in [6.07, 6.45) is 3.11. The van der Waals surface area contributed by atoms with E-state index in [1.54, 1.807) is 18.5 Å². The van der Waals surface area contributed by atoms with Gasteiger partial charge in [0.1, 0.15) is 0 Å². The van der Waals surface area contributed by atoms with Gasteiger partial charge in [0.25, 0.3) is 0 Å². The van der Waals surface area contributed by atoms with E-state index in [1.165, 1.54) is 0 Å². The summed E-state index contributed by atoms with van der Waals surface area (Å²) in [7, 11) is 0. The third-order valence-electron chi connectivity index (χ3n) is 0.751. The predicted octanol–water partition coefficient (Wildman–Crippen LogP) is -0.238. The van der Waals surface area contributed by atoms with Gasteiger partial charge in [-0.3, -0.25) is 5.84 Å². The first-order chi connectivity index (χ1) is 3.93. The zero-order chi connectivity index (χ0) is 5.82. The maximum Gasteiger partial charge on any atom is 0.0741 e. The quantitative estimate of drug-likeness (QED) is 0.387. The van der Waals surface area contributed by atoms with E-state index in [4.69, 9.17) is 5.84 Å². The molecule has 0 amide bonds. The van der Waals surface area contributed by atoms with Crippen LogP contribution in [0.4, 0.5) is 5.69 Å². The predicted molar refractivity (Wildman–Crippen MR) is 29.8 cm³/mol. The van der Waals surface area contributed by atoms with Gasteiger partial charge in [0.05, 0.1) is 18.1 Å². The van der Waals surface area contributed by atoms with Crippen molar-refractivity contribution in [3.63, 3.8) is 0 Å². The second-order valence-corrected chi connectivity index (χ2v) is 1.28. The van der Waals surface area contributed by atoms with Crippen LogP contribution < -0.4 is 11.3 Å². The molecule has 0 spiro atoms. The van der Waals surface area contributed by atoms with Gasteiger partial charge >= 0.3 is 0 Å². The summed E-state index contributed by atoms with van der Waals surface area (Å²) >= 11 is 0. The molecule has 0 aliphatic heterocycles. The monoisotopic (exact) mass is 110 g/mol. The van der Waals surface area contributed by atoms with Crippen molar-refractivity contribution in [2.45, 2.75) is 0 Å². The molecule has 42 valence electrons. The molecule has 8 heavy (non-hydrogen) atoms. The number of aromatic nitrogens is 2. The minimum atomic E-state index is 0.764. The summed E-state index contributed by atoms with van der Waals surface area (Å²) in [5.74, 6) is 5.03. The van der Waals surface area contributed by atoms with Crippen molar-refractivity contribution in [3.8, 4) is 0 Å².